The van der Waals surface area contributed by atoms with Crippen LogP contribution in [0.1, 0.15) is 28.2 Å². The molecule has 0 spiro atoms. The molecule has 5 rings (SSSR count). The summed E-state index contributed by atoms with van der Waals surface area (Å²) >= 11 is 0. The molecule has 0 atom stereocenters. The Balaban J connectivity index is 1.49. The first-order chi connectivity index (χ1) is 14.7. The number of nitrogens with zero attached hydrogens (tertiary/aromatic N) is 4. The Bertz CT molecular complexity index is 1250. The summed E-state index contributed by atoms with van der Waals surface area (Å²) in [5.74, 6) is 0.286. The summed E-state index contributed by atoms with van der Waals surface area (Å²) in [6.07, 6.45) is 3.69. The zero-order chi connectivity index (χ0) is 20.5. The van der Waals surface area contributed by atoms with Crippen LogP contribution in [-0.2, 0) is 6.42 Å². The SMILES string of the molecule is Cc1cc(C(=O)N2CCCc3ccccc32)nc(Nc2cccc3cccnc23)n1. The lowest BCUT2D eigenvalue weighted by molar-refractivity contribution is 0.0980. The zero-order valence-corrected chi connectivity index (χ0v) is 16.7. The van der Waals surface area contributed by atoms with E-state index in [1.54, 1.807) is 12.3 Å². The number of anilines is 3. The molecule has 0 bridgehead atoms. The topological polar surface area (TPSA) is 71.0 Å². The molecule has 6 nitrogen and oxygen atoms in total. The van der Waals surface area contributed by atoms with Gasteiger partial charge in [-0.05, 0) is 49.6 Å². The Labute approximate surface area is 174 Å². The molecule has 1 aliphatic rings. The number of benzene rings is 2. The van der Waals surface area contributed by atoms with Crippen molar-refractivity contribution in [3.05, 3.63) is 83.8 Å². The molecule has 30 heavy (non-hydrogen) atoms. The molecule has 0 fully saturated rings. The van der Waals surface area contributed by atoms with Gasteiger partial charge >= 0.3 is 0 Å². The van der Waals surface area contributed by atoms with Crippen molar-refractivity contribution in [2.45, 2.75) is 19.8 Å². The predicted molar refractivity (Wildman–Crippen MR) is 118 cm³/mol. The Morgan fingerprint density at radius 3 is 2.83 bits per heavy atom. The quantitative estimate of drug-likeness (QED) is 0.546. The van der Waals surface area contributed by atoms with Crippen molar-refractivity contribution in [2.24, 2.45) is 0 Å². The third-order valence-electron chi connectivity index (χ3n) is 5.31. The van der Waals surface area contributed by atoms with Crippen molar-refractivity contribution in [1.29, 1.82) is 0 Å². The number of aryl methyl sites for hydroxylation is 2. The number of para-hydroxylation sites is 2. The standard InChI is InChI=1S/C24H21N5O/c1-16-15-20(23(30)29-14-6-10-17-7-2-3-12-21(17)29)28-24(26-16)27-19-11-4-8-18-9-5-13-25-22(18)19/h2-5,7-9,11-13,15H,6,10,14H2,1H3,(H,26,27,28). The molecule has 3 heterocycles. The van der Waals surface area contributed by atoms with E-state index in [-0.39, 0.29) is 5.91 Å². The van der Waals surface area contributed by atoms with Gasteiger partial charge in [0, 0.05) is 29.5 Å². The number of fused-ring (bicyclic) bond motifs is 2. The molecule has 6 heteroatoms. The van der Waals surface area contributed by atoms with Gasteiger partial charge in [-0.2, -0.15) is 0 Å². The highest BCUT2D eigenvalue weighted by atomic mass is 16.2. The predicted octanol–water partition coefficient (Wildman–Crippen LogP) is 4.67. The molecule has 1 N–H and O–H groups in total. The maximum atomic E-state index is 13.3. The van der Waals surface area contributed by atoms with Crippen molar-refractivity contribution in [3.63, 3.8) is 0 Å². The molecule has 1 amide bonds. The first-order valence-electron chi connectivity index (χ1n) is 10.1. The number of amides is 1. The fraction of sp³-hybridized carbons (Fsp3) is 0.167. The van der Waals surface area contributed by atoms with Crippen molar-refractivity contribution in [2.75, 3.05) is 16.8 Å². The number of carbonyl (C=O) groups excluding carboxylic acids is 1. The van der Waals surface area contributed by atoms with Crippen molar-refractivity contribution in [3.8, 4) is 0 Å². The number of carbonyl (C=O) groups is 1. The van der Waals surface area contributed by atoms with Crippen LogP contribution in [0.15, 0.2) is 66.9 Å². The molecular formula is C24H21N5O. The second-order valence-corrected chi connectivity index (χ2v) is 7.41. The fourth-order valence-electron chi connectivity index (χ4n) is 3.94. The smallest absolute Gasteiger partial charge is 0.277 e. The molecule has 4 aromatic rings. The lowest BCUT2D eigenvalue weighted by Crippen LogP contribution is -2.36. The van der Waals surface area contributed by atoms with Gasteiger partial charge in [-0.15, -0.1) is 0 Å². The van der Waals surface area contributed by atoms with E-state index in [1.807, 2.05) is 60.4 Å². The van der Waals surface area contributed by atoms with E-state index in [0.29, 0.717) is 18.2 Å². The Morgan fingerprint density at radius 2 is 1.90 bits per heavy atom. The number of aromatic nitrogens is 3. The number of hydrogen-bond donors (Lipinski definition) is 1. The minimum atomic E-state index is -0.105. The van der Waals surface area contributed by atoms with E-state index in [4.69, 9.17) is 0 Å². The first kappa shape index (κ1) is 18.2. The molecule has 1 aliphatic heterocycles. The van der Waals surface area contributed by atoms with Crippen molar-refractivity contribution in [1.82, 2.24) is 15.0 Å². The van der Waals surface area contributed by atoms with Crippen LogP contribution in [0.3, 0.4) is 0 Å². The van der Waals surface area contributed by atoms with Crippen LogP contribution in [0.25, 0.3) is 10.9 Å². The first-order valence-corrected chi connectivity index (χ1v) is 10.1. The third kappa shape index (κ3) is 3.37. The van der Waals surface area contributed by atoms with Gasteiger partial charge in [0.2, 0.25) is 5.95 Å². The molecule has 0 aliphatic carbocycles. The van der Waals surface area contributed by atoms with Gasteiger partial charge in [-0.25, -0.2) is 9.97 Å². The van der Waals surface area contributed by atoms with Crippen LogP contribution in [0.5, 0.6) is 0 Å². The largest absolute Gasteiger partial charge is 0.322 e. The maximum absolute atomic E-state index is 13.3. The van der Waals surface area contributed by atoms with Crippen LogP contribution >= 0.6 is 0 Å². The molecule has 0 saturated heterocycles. The Kier molecular flexibility index (Phi) is 4.59. The minimum absolute atomic E-state index is 0.105. The minimum Gasteiger partial charge on any atom is -0.322 e. The van der Waals surface area contributed by atoms with Gasteiger partial charge in [0.25, 0.3) is 5.91 Å². The van der Waals surface area contributed by atoms with E-state index in [9.17, 15) is 4.79 Å². The summed E-state index contributed by atoms with van der Waals surface area (Å²) in [5.41, 5.74) is 4.92. The summed E-state index contributed by atoms with van der Waals surface area (Å²) in [6.45, 7) is 2.56. The van der Waals surface area contributed by atoms with Crippen LogP contribution in [0, 0.1) is 6.92 Å². The monoisotopic (exact) mass is 395 g/mol. The molecule has 148 valence electrons. The highest BCUT2D eigenvalue weighted by molar-refractivity contribution is 6.05. The second-order valence-electron chi connectivity index (χ2n) is 7.41. The van der Waals surface area contributed by atoms with Gasteiger partial charge < -0.3 is 10.2 Å². The van der Waals surface area contributed by atoms with Crippen LogP contribution in [0.4, 0.5) is 17.3 Å². The maximum Gasteiger partial charge on any atom is 0.277 e. The highest BCUT2D eigenvalue weighted by Crippen LogP contribution is 2.28. The van der Waals surface area contributed by atoms with Crippen LogP contribution < -0.4 is 10.2 Å². The van der Waals surface area contributed by atoms with Gasteiger partial charge in [-0.1, -0.05) is 36.4 Å². The summed E-state index contributed by atoms with van der Waals surface area (Å²) in [4.78, 5) is 28.6. The molecule has 0 unspecified atom stereocenters. The van der Waals surface area contributed by atoms with Crippen LogP contribution in [0.2, 0.25) is 0 Å². The van der Waals surface area contributed by atoms with Crippen molar-refractivity contribution >= 4 is 34.1 Å². The summed E-state index contributed by atoms with van der Waals surface area (Å²) in [7, 11) is 0. The fourth-order valence-corrected chi connectivity index (χ4v) is 3.94. The van der Waals surface area contributed by atoms with E-state index in [2.05, 4.69) is 26.3 Å². The van der Waals surface area contributed by atoms with E-state index in [1.165, 1.54) is 5.56 Å². The molecule has 0 radical (unpaired) electrons. The van der Waals surface area contributed by atoms with E-state index in [0.717, 1.165) is 40.8 Å². The summed E-state index contributed by atoms with van der Waals surface area (Å²) in [5, 5.41) is 4.27. The average molecular weight is 395 g/mol. The van der Waals surface area contributed by atoms with Crippen molar-refractivity contribution < 1.29 is 4.79 Å². The molecule has 2 aromatic carbocycles. The van der Waals surface area contributed by atoms with Gasteiger partial charge in [0.15, 0.2) is 0 Å². The Hall–Kier alpha value is -3.80. The number of rotatable bonds is 3. The Morgan fingerprint density at radius 1 is 1.03 bits per heavy atom. The number of hydrogen-bond acceptors (Lipinski definition) is 5. The average Bonchev–Trinajstić information content (AvgIpc) is 2.78. The lowest BCUT2D eigenvalue weighted by Gasteiger charge is -2.29. The normalized spacial score (nSPS) is 13.2. The lowest BCUT2D eigenvalue weighted by atomic mass is 10.0. The van der Waals surface area contributed by atoms with Gasteiger partial charge in [-0.3, -0.25) is 9.78 Å². The van der Waals surface area contributed by atoms with Gasteiger partial charge in [0.05, 0.1) is 11.2 Å². The summed E-state index contributed by atoms with van der Waals surface area (Å²) < 4.78 is 0. The highest BCUT2D eigenvalue weighted by Gasteiger charge is 2.25. The molecule has 0 saturated carbocycles. The number of nitrogens with one attached hydrogen (secondary N) is 1. The second kappa shape index (κ2) is 7.55. The third-order valence-corrected chi connectivity index (χ3v) is 5.31. The number of pyridine rings is 1. The van der Waals surface area contributed by atoms with E-state index >= 15 is 0 Å². The summed E-state index contributed by atoms with van der Waals surface area (Å²) in [6, 6.07) is 19.6. The molecule has 2 aromatic heterocycles. The van der Waals surface area contributed by atoms with Crippen LogP contribution in [-0.4, -0.2) is 27.4 Å². The molecular weight excluding hydrogens is 374 g/mol. The van der Waals surface area contributed by atoms with E-state index < -0.39 is 0 Å². The zero-order valence-electron chi connectivity index (χ0n) is 16.7. The van der Waals surface area contributed by atoms with Gasteiger partial charge in [0.1, 0.15) is 5.69 Å².